The van der Waals surface area contributed by atoms with Crippen molar-refractivity contribution in [3.05, 3.63) is 71.8 Å². The first-order chi connectivity index (χ1) is 13.0. The molecule has 4 nitrogen and oxygen atoms in total. The van der Waals surface area contributed by atoms with Gasteiger partial charge in [0.05, 0.1) is 0 Å². The second kappa shape index (κ2) is 12.0. The number of halogens is 6. The average molecular weight is 505 g/mol. The molecule has 0 aliphatic rings. The van der Waals surface area contributed by atoms with Crippen LogP contribution in [0.2, 0.25) is 0 Å². The molecule has 152 valence electrons. The topological polar surface area (TPSA) is 62.2 Å². The van der Waals surface area contributed by atoms with Crippen LogP contribution in [0.15, 0.2) is 60.7 Å². The van der Waals surface area contributed by atoms with Gasteiger partial charge < -0.3 is 10.1 Å². The quantitative estimate of drug-likeness (QED) is 0.295. The van der Waals surface area contributed by atoms with Gasteiger partial charge in [0.15, 0.2) is 0 Å². The fraction of sp³-hybridized carbons (Fsp3) is 0.222. The Morgan fingerprint density at radius 3 is 1.71 bits per heavy atom. The molecule has 0 spiro atoms. The van der Waals surface area contributed by atoms with Crippen LogP contribution < -0.4 is 5.32 Å². The summed E-state index contributed by atoms with van der Waals surface area (Å²) in [6.45, 7) is 0.584. The van der Waals surface area contributed by atoms with Gasteiger partial charge in [-0.25, -0.2) is 0 Å². The third-order valence-corrected chi connectivity index (χ3v) is 4.07. The summed E-state index contributed by atoms with van der Waals surface area (Å²) in [5.41, 5.74) is 1.88. The van der Waals surface area contributed by atoms with Crippen LogP contribution in [-0.4, -0.2) is 19.4 Å². The van der Waals surface area contributed by atoms with Gasteiger partial charge in [0.2, 0.25) is 5.90 Å². The molecule has 0 atom stereocenters. The molecule has 0 saturated heterocycles. The lowest BCUT2D eigenvalue weighted by Gasteiger charge is -2.13. The molecule has 0 saturated carbocycles. The number of rotatable bonds is 4. The van der Waals surface area contributed by atoms with Crippen molar-refractivity contribution in [2.75, 3.05) is 0 Å². The molecule has 10 heteroatoms. The molecule has 2 aromatic carbocycles. The van der Waals surface area contributed by atoms with Crippen molar-refractivity contribution in [1.29, 1.82) is 5.41 Å². The SMILES string of the molecule is N=C(OCc1ccccc1)C(Cl)(Cl)Cl.O=C(NCc1ccccc1)C(Cl)(Cl)Cl. The maximum Gasteiger partial charge on any atom is 0.272 e. The number of amides is 1. The largest absolute Gasteiger partial charge is 0.473 e. The van der Waals surface area contributed by atoms with Gasteiger partial charge in [0.25, 0.3) is 13.5 Å². The minimum absolute atomic E-state index is 0.230. The second-order valence-corrected chi connectivity index (χ2v) is 9.83. The standard InChI is InChI=1S/2C9H8Cl3NO/c10-9(11,12)8(13)14-6-7-4-2-1-3-5-7;10-9(11,12)8(14)13-6-7-4-2-1-3-5-7/h1-5,13H,6H2;1-5H,6H2,(H,13,14). The zero-order valence-corrected chi connectivity index (χ0v) is 18.8. The van der Waals surface area contributed by atoms with Crippen LogP contribution in [0, 0.1) is 5.41 Å². The number of ether oxygens (including phenoxy) is 1. The first kappa shape index (κ1) is 25.2. The molecule has 0 aliphatic heterocycles. The van der Waals surface area contributed by atoms with Crippen molar-refractivity contribution in [1.82, 2.24) is 5.32 Å². The molecule has 0 heterocycles. The summed E-state index contributed by atoms with van der Waals surface area (Å²) in [5.74, 6) is -0.988. The second-order valence-electron chi connectivity index (χ2n) is 5.27. The highest BCUT2D eigenvalue weighted by atomic mass is 35.6. The molecule has 0 unspecified atom stereocenters. The summed E-state index contributed by atoms with van der Waals surface area (Å²) in [6, 6.07) is 18.8. The van der Waals surface area contributed by atoms with Crippen LogP contribution >= 0.6 is 69.6 Å². The van der Waals surface area contributed by atoms with E-state index in [2.05, 4.69) is 5.32 Å². The van der Waals surface area contributed by atoms with Gasteiger partial charge in [-0.15, -0.1) is 0 Å². The van der Waals surface area contributed by atoms with Gasteiger partial charge in [-0.1, -0.05) is 130 Å². The molecule has 0 bridgehead atoms. The van der Waals surface area contributed by atoms with Crippen molar-refractivity contribution in [3.8, 4) is 0 Å². The van der Waals surface area contributed by atoms with Gasteiger partial charge in [0, 0.05) is 6.54 Å². The lowest BCUT2D eigenvalue weighted by Crippen LogP contribution is -2.33. The van der Waals surface area contributed by atoms with Crippen molar-refractivity contribution in [3.63, 3.8) is 0 Å². The molecule has 0 aromatic heterocycles. The Morgan fingerprint density at radius 2 is 1.29 bits per heavy atom. The summed E-state index contributed by atoms with van der Waals surface area (Å²) >= 11 is 32.4. The van der Waals surface area contributed by atoms with E-state index in [1.54, 1.807) is 0 Å². The molecule has 2 N–H and O–H groups in total. The number of carbonyl (C=O) groups excluding carboxylic acids is 1. The Balaban J connectivity index is 0.000000280. The molecule has 28 heavy (non-hydrogen) atoms. The van der Waals surface area contributed by atoms with Gasteiger partial charge in [-0.05, 0) is 11.1 Å². The van der Waals surface area contributed by atoms with Crippen LogP contribution in [0.25, 0.3) is 0 Å². The van der Waals surface area contributed by atoms with Gasteiger partial charge in [-0.2, -0.15) is 0 Å². The molecule has 2 aromatic rings. The van der Waals surface area contributed by atoms with Crippen molar-refractivity contribution >= 4 is 81.4 Å². The third-order valence-electron chi connectivity index (χ3n) is 3.04. The summed E-state index contributed by atoms with van der Waals surface area (Å²) in [4.78, 5) is 11.1. The fourth-order valence-corrected chi connectivity index (χ4v) is 2.05. The van der Waals surface area contributed by atoms with E-state index in [0.29, 0.717) is 6.54 Å². The highest BCUT2D eigenvalue weighted by Gasteiger charge is 2.30. The summed E-state index contributed by atoms with van der Waals surface area (Å²) in [7, 11) is 0. The molecule has 0 fully saturated rings. The van der Waals surface area contributed by atoms with Gasteiger partial charge in [0.1, 0.15) is 6.61 Å². The molecule has 1 amide bonds. The predicted octanol–water partition coefficient (Wildman–Crippen LogP) is 6.22. The van der Waals surface area contributed by atoms with Crippen LogP contribution in [0.5, 0.6) is 0 Å². The maximum atomic E-state index is 11.1. The molecule has 2 rings (SSSR count). The van der Waals surface area contributed by atoms with E-state index in [-0.39, 0.29) is 12.5 Å². The molecule has 0 radical (unpaired) electrons. The zero-order valence-electron chi connectivity index (χ0n) is 14.3. The summed E-state index contributed by atoms with van der Waals surface area (Å²) in [6.07, 6.45) is 0. The van der Waals surface area contributed by atoms with Crippen molar-refractivity contribution in [2.45, 2.75) is 20.7 Å². The van der Waals surface area contributed by atoms with Crippen LogP contribution in [0.3, 0.4) is 0 Å². The third kappa shape index (κ3) is 10.6. The lowest BCUT2D eigenvalue weighted by atomic mass is 10.2. The number of carbonyl (C=O) groups is 1. The highest BCUT2D eigenvalue weighted by molar-refractivity contribution is 6.76. The number of hydrogen-bond acceptors (Lipinski definition) is 3. The number of hydrogen-bond donors (Lipinski definition) is 2. The minimum atomic E-state index is -1.89. The van der Waals surface area contributed by atoms with E-state index >= 15 is 0 Å². The number of nitrogens with one attached hydrogen (secondary N) is 2. The van der Waals surface area contributed by atoms with Crippen LogP contribution in [0.1, 0.15) is 11.1 Å². The molecule has 0 aliphatic carbocycles. The molecular formula is C18H16Cl6N2O2. The van der Waals surface area contributed by atoms with Crippen LogP contribution in [-0.2, 0) is 22.7 Å². The van der Waals surface area contributed by atoms with E-state index < -0.39 is 13.5 Å². The fourth-order valence-electron chi connectivity index (χ4n) is 1.69. The van der Waals surface area contributed by atoms with E-state index in [1.807, 2.05) is 60.7 Å². The Labute approximate surface area is 193 Å². The monoisotopic (exact) mass is 502 g/mol. The molecular weight excluding hydrogens is 489 g/mol. The van der Waals surface area contributed by atoms with E-state index in [1.165, 1.54) is 0 Å². The van der Waals surface area contributed by atoms with Crippen molar-refractivity contribution < 1.29 is 9.53 Å². The van der Waals surface area contributed by atoms with Gasteiger partial charge >= 0.3 is 0 Å². The van der Waals surface area contributed by atoms with Crippen LogP contribution in [0.4, 0.5) is 0 Å². The van der Waals surface area contributed by atoms with E-state index in [0.717, 1.165) is 11.1 Å². The maximum absolute atomic E-state index is 11.1. The Hall–Kier alpha value is -0.880. The Morgan fingerprint density at radius 1 is 0.821 bits per heavy atom. The number of alkyl halides is 6. The first-order valence-corrected chi connectivity index (χ1v) is 9.98. The van der Waals surface area contributed by atoms with E-state index in [4.69, 9.17) is 79.8 Å². The van der Waals surface area contributed by atoms with E-state index in [9.17, 15) is 4.79 Å². The normalized spacial score (nSPS) is 11.1. The zero-order chi connectivity index (χ0) is 21.2. The smallest absolute Gasteiger partial charge is 0.272 e. The lowest BCUT2D eigenvalue weighted by molar-refractivity contribution is -0.120. The highest BCUT2D eigenvalue weighted by Crippen LogP contribution is 2.28. The van der Waals surface area contributed by atoms with Crippen molar-refractivity contribution in [2.24, 2.45) is 0 Å². The Bertz CT molecular complexity index is 681. The average Bonchev–Trinajstić information content (AvgIpc) is 2.64. The minimum Gasteiger partial charge on any atom is -0.473 e. The summed E-state index contributed by atoms with van der Waals surface area (Å²) < 4.78 is 1.30. The summed E-state index contributed by atoms with van der Waals surface area (Å²) in [5, 5.41) is 9.78. The number of benzene rings is 2. The predicted molar refractivity (Wildman–Crippen MR) is 118 cm³/mol. The first-order valence-electron chi connectivity index (χ1n) is 7.71. The Kier molecular flexibility index (Phi) is 10.7. The van der Waals surface area contributed by atoms with Gasteiger partial charge in [-0.3, -0.25) is 10.2 Å².